The van der Waals surface area contributed by atoms with Gasteiger partial charge in [-0.1, -0.05) is 12.8 Å². The van der Waals surface area contributed by atoms with Crippen LogP contribution in [0.4, 0.5) is 14.5 Å². The second kappa shape index (κ2) is 5.76. The normalized spacial score (nSPS) is 17.2. The van der Waals surface area contributed by atoms with Crippen LogP contribution in [0.15, 0.2) is 12.1 Å². The molecule has 1 aliphatic rings. The second-order valence-corrected chi connectivity index (χ2v) is 5.58. The highest BCUT2D eigenvalue weighted by atomic mass is 19.2. The van der Waals surface area contributed by atoms with Gasteiger partial charge in [-0.2, -0.15) is 5.26 Å². The summed E-state index contributed by atoms with van der Waals surface area (Å²) in [5.74, 6) is -2.06. The zero-order valence-electron chi connectivity index (χ0n) is 11.8. The third kappa shape index (κ3) is 2.61. The highest BCUT2D eigenvalue weighted by Gasteiger charge is 2.35. The lowest BCUT2D eigenvalue weighted by molar-refractivity contribution is 0.172. The molecule has 0 saturated heterocycles. The van der Waals surface area contributed by atoms with Crippen LogP contribution in [0.5, 0.6) is 0 Å². The molecule has 1 aromatic rings. The fourth-order valence-corrected chi connectivity index (χ4v) is 2.85. The Hall–Kier alpha value is -1.67. The van der Waals surface area contributed by atoms with Gasteiger partial charge >= 0.3 is 0 Å². The van der Waals surface area contributed by atoms with E-state index in [1.807, 2.05) is 14.1 Å². The van der Waals surface area contributed by atoms with Crippen LogP contribution in [-0.4, -0.2) is 31.1 Å². The van der Waals surface area contributed by atoms with Gasteiger partial charge in [0, 0.05) is 12.1 Å². The molecule has 108 valence electrons. The van der Waals surface area contributed by atoms with Crippen LogP contribution in [0.3, 0.4) is 0 Å². The third-order valence-electron chi connectivity index (χ3n) is 4.29. The molecule has 0 radical (unpaired) electrons. The van der Waals surface area contributed by atoms with Crippen molar-refractivity contribution in [2.75, 3.05) is 26.0 Å². The van der Waals surface area contributed by atoms with Gasteiger partial charge in [0.2, 0.25) is 0 Å². The highest BCUT2D eigenvalue weighted by Crippen LogP contribution is 2.34. The van der Waals surface area contributed by atoms with E-state index in [1.165, 1.54) is 12.1 Å². The second-order valence-electron chi connectivity index (χ2n) is 5.58. The van der Waals surface area contributed by atoms with Crippen molar-refractivity contribution in [2.45, 2.75) is 31.2 Å². The van der Waals surface area contributed by atoms with Gasteiger partial charge in [-0.05, 0) is 39.1 Å². The number of halogens is 2. The number of nitrogens with one attached hydrogen (secondary N) is 1. The number of anilines is 1. The molecule has 1 N–H and O–H groups in total. The molecule has 0 amide bonds. The smallest absolute Gasteiger partial charge is 0.183 e. The van der Waals surface area contributed by atoms with Crippen molar-refractivity contribution < 1.29 is 8.78 Å². The number of likely N-dealkylation sites (N-methyl/N-ethyl adjacent to an activating group) is 1. The summed E-state index contributed by atoms with van der Waals surface area (Å²) in [5, 5.41) is 11.7. The molecule has 0 spiro atoms. The minimum atomic E-state index is -1.08. The standard InChI is InChI=1S/C15H19F2N3/c1-20(2)15(7-3-4-8-15)10-19-12-6-5-11(9-18)13(16)14(12)17/h5-6,19H,3-4,7-8,10H2,1-2H3. The number of benzene rings is 1. The van der Waals surface area contributed by atoms with Crippen molar-refractivity contribution in [3.63, 3.8) is 0 Å². The Bertz CT molecular complexity index is 529. The summed E-state index contributed by atoms with van der Waals surface area (Å²) in [7, 11) is 4.03. The van der Waals surface area contributed by atoms with E-state index < -0.39 is 11.6 Å². The van der Waals surface area contributed by atoms with E-state index in [4.69, 9.17) is 5.26 Å². The van der Waals surface area contributed by atoms with Gasteiger partial charge in [0.05, 0.1) is 11.3 Å². The molecule has 0 bridgehead atoms. The van der Waals surface area contributed by atoms with Crippen molar-refractivity contribution >= 4 is 5.69 Å². The molecule has 0 aromatic heterocycles. The van der Waals surface area contributed by atoms with Crippen LogP contribution in [0, 0.1) is 23.0 Å². The molecule has 1 fully saturated rings. The van der Waals surface area contributed by atoms with E-state index in [-0.39, 0.29) is 16.8 Å². The molecule has 5 heteroatoms. The fraction of sp³-hybridized carbons (Fsp3) is 0.533. The molecule has 3 nitrogen and oxygen atoms in total. The Kier molecular flexibility index (Phi) is 4.24. The van der Waals surface area contributed by atoms with Crippen LogP contribution in [0.1, 0.15) is 31.2 Å². The molecule has 0 unspecified atom stereocenters. The van der Waals surface area contributed by atoms with Gasteiger partial charge < -0.3 is 10.2 Å². The van der Waals surface area contributed by atoms with Crippen molar-refractivity contribution in [3.05, 3.63) is 29.3 Å². The maximum absolute atomic E-state index is 13.8. The first-order valence-corrected chi connectivity index (χ1v) is 6.79. The van der Waals surface area contributed by atoms with Gasteiger partial charge in [-0.15, -0.1) is 0 Å². The Balaban J connectivity index is 2.15. The molecule has 0 atom stereocenters. The number of rotatable bonds is 4. The summed E-state index contributed by atoms with van der Waals surface area (Å²) < 4.78 is 27.4. The van der Waals surface area contributed by atoms with Gasteiger partial charge in [-0.25, -0.2) is 8.78 Å². The molecule has 1 aliphatic carbocycles. The van der Waals surface area contributed by atoms with E-state index in [1.54, 1.807) is 6.07 Å². The van der Waals surface area contributed by atoms with Crippen molar-refractivity contribution in [1.82, 2.24) is 4.90 Å². The highest BCUT2D eigenvalue weighted by molar-refractivity contribution is 5.50. The number of hydrogen-bond donors (Lipinski definition) is 1. The number of nitriles is 1. The molecular formula is C15H19F2N3. The SMILES string of the molecule is CN(C)C1(CNc2ccc(C#N)c(F)c2F)CCCC1. The lowest BCUT2D eigenvalue weighted by Gasteiger charge is -2.36. The summed E-state index contributed by atoms with van der Waals surface area (Å²) in [6, 6.07) is 4.36. The molecule has 1 saturated carbocycles. The first-order chi connectivity index (χ1) is 9.50. The third-order valence-corrected chi connectivity index (χ3v) is 4.29. The molecule has 0 aliphatic heterocycles. The van der Waals surface area contributed by atoms with Gasteiger partial charge in [0.15, 0.2) is 11.6 Å². The number of hydrogen-bond acceptors (Lipinski definition) is 3. The molecule has 0 heterocycles. The van der Waals surface area contributed by atoms with Crippen molar-refractivity contribution in [3.8, 4) is 6.07 Å². The molecule has 2 rings (SSSR count). The minimum absolute atomic E-state index is 0.00316. The Morgan fingerprint density at radius 1 is 1.25 bits per heavy atom. The lowest BCUT2D eigenvalue weighted by atomic mass is 9.96. The first kappa shape index (κ1) is 14.7. The molecule has 20 heavy (non-hydrogen) atoms. The van der Waals surface area contributed by atoms with E-state index >= 15 is 0 Å². The largest absolute Gasteiger partial charge is 0.381 e. The summed E-state index contributed by atoms with van der Waals surface area (Å²) >= 11 is 0. The van der Waals surface area contributed by atoms with Crippen LogP contribution in [-0.2, 0) is 0 Å². The van der Waals surface area contributed by atoms with Gasteiger partial charge in [-0.3, -0.25) is 0 Å². The van der Waals surface area contributed by atoms with Gasteiger partial charge in [0.25, 0.3) is 0 Å². The lowest BCUT2D eigenvalue weighted by Crippen LogP contribution is -2.47. The van der Waals surface area contributed by atoms with Gasteiger partial charge in [0.1, 0.15) is 6.07 Å². The average molecular weight is 279 g/mol. The minimum Gasteiger partial charge on any atom is -0.381 e. The maximum atomic E-state index is 13.8. The molecule has 1 aromatic carbocycles. The van der Waals surface area contributed by atoms with Crippen LogP contribution in [0.25, 0.3) is 0 Å². The number of nitrogens with zero attached hydrogens (tertiary/aromatic N) is 2. The zero-order valence-corrected chi connectivity index (χ0v) is 11.8. The zero-order chi connectivity index (χ0) is 14.8. The first-order valence-electron chi connectivity index (χ1n) is 6.79. The van der Waals surface area contributed by atoms with Crippen LogP contribution >= 0.6 is 0 Å². The fourth-order valence-electron chi connectivity index (χ4n) is 2.85. The predicted octanol–water partition coefficient (Wildman–Crippen LogP) is 3.12. The topological polar surface area (TPSA) is 39.1 Å². The van der Waals surface area contributed by atoms with E-state index in [0.29, 0.717) is 6.54 Å². The summed E-state index contributed by atoms with van der Waals surface area (Å²) in [4.78, 5) is 2.16. The molecular weight excluding hydrogens is 260 g/mol. The Labute approximate surface area is 118 Å². The summed E-state index contributed by atoms with van der Waals surface area (Å²) in [5.41, 5.74) is -0.151. The van der Waals surface area contributed by atoms with E-state index in [0.717, 1.165) is 25.7 Å². The monoisotopic (exact) mass is 279 g/mol. The van der Waals surface area contributed by atoms with E-state index in [2.05, 4.69) is 10.2 Å². The van der Waals surface area contributed by atoms with Crippen molar-refractivity contribution in [1.29, 1.82) is 5.26 Å². The summed E-state index contributed by atoms with van der Waals surface area (Å²) in [6.45, 7) is 0.572. The quantitative estimate of drug-likeness (QED) is 0.920. The summed E-state index contributed by atoms with van der Waals surface area (Å²) in [6.07, 6.45) is 4.41. The maximum Gasteiger partial charge on any atom is 0.183 e. The average Bonchev–Trinajstić information content (AvgIpc) is 2.91. The Morgan fingerprint density at radius 3 is 2.45 bits per heavy atom. The van der Waals surface area contributed by atoms with Crippen molar-refractivity contribution in [2.24, 2.45) is 0 Å². The van der Waals surface area contributed by atoms with E-state index in [9.17, 15) is 8.78 Å². The predicted molar refractivity (Wildman–Crippen MR) is 74.4 cm³/mol. The Morgan fingerprint density at radius 2 is 1.90 bits per heavy atom. The van der Waals surface area contributed by atoms with Crippen LogP contribution in [0.2, 0.25) is 0 Å². The van der Waals surface area contributed by atoms with Crippen LogP contribution < -0.4 is 5.32 Å².